The Kier molecular flexibility index (Phi) is 2.34. The molecule has 0 unspecified atom stereocenters. The van der Waals surface area contributed by atoms with E-state index in [1.54, 1.807) is 0 Å². The largest absolute Gasteiger partial charge is 0.253 e. The lowest BCUT2D eigenvalue weighted by Gasteiger charge is -2.20. The van der Waals surface area contributed by atoms with Crippen LogP contribution in [0.2, 0.25) is 0 Å². The molecule has 0 spiro atoms. The van der Waals surface area contributed by atoms with Gasteiger partial charge in [0.25, 0.3) is 0 Å². The Hall–Kier alpha value is -0.310. The molecule has 0 aliphatic heterocycles. The monoisotopic (exact) mass is 230 g/mol. The van der Waals surface area contributed by atoms with Crippen molar-refractivity contribution in [2.75, 3.05) is 0 Å². The van der Waals surface area contributed by atoms with E-state index in [0.29, 0.717) is 0 Å². The molecule has 68 valence electrons. The minimum atomic E-state index is 0.0534. The third kappa shape index (κ3) is 1.56. The standard InChI is InChI=1S/C9H15BrN2/c1-6-7(2)11-12(8(6)10)9(3,4)5/h1-5H3. The fourth-order valence-electron chi connectivity index (χ4n) is 1.02. The lowest BCUT2D eigenvalue weighted by molar-refractivity contribution is 0.347. The van der Waals surface area contributed by atoms with Crippen LogP contribution in [0.15, 0.2) is 4.60 Å². The van der Waals surface area contributed by atoms with Crippen molar-refractivity contribution in [2.45, 2.75) is 40.2 Å². The van der Waals surface area contributed by atoms with E-state index in [2.05, 4.69) is 48.7 Å². The second kappa shape index (κ2) is 2.87. The summed E-state index contributed by atoms with van der Waals surface area (Å²) in [6.45, 7) is 10.5. The normalized spacial score (nSPS) is 12.2. The van der Waals surface area contributed by atoms with E-state index in [-0.39, 0.29) is 5.54 Å². The first kappa shape index (κ1) is 9.78. The molecule has 1 rings (SSSR count). The number of hydrogen-bond donors (Lipinski definition) is 0. The van der Waals surface area contributed by atoms with Crippen molar-refractivity contribution >= 4 is 15.9 Å². The molecule has 0 saturated carbocycles. The first-order valence-corrected chi connectivity index (χ1v) is 4.85. The molecule has 0 radical (unpaired) electrons. The zero-order chi connectivity index (χ0) is 9.52. The van der Waals surface area contributed by atoms with Gasteiger partial charge in [0.1, 0.15) is 4.60 Å². The topological polar surface area (TPSA) is 17.8 Å². The predicted molar refractivity (Wildman–Crippen MR) is 54.4 cm³/mol. The van der Waals surface area contributed by atoms with Crippen molar-refractivity contribution in [3.05, 3.63) is 15.9 Å². The molecule has 1 heterocycles. The minimum absolute atomic E-state index is 0.0534. The van der Waals surface area contributed by atoms with Gasteiger partial charge < -0.3 is 0 Å². The molecule has 1 aromatic heterocycles. The summed E-state index contributed by atoms with van der Waals surface area (Å²) in [6.07, 6.45) is 0. The molecular weight excluding hydrogens is 216 g/mol. The third-order valence-electron chi connectivity index (χ3n) is 1.92. The van der Waals surface area contributed by atoms with Crippen LogP contribution in [0.3, 0.4) is 0 Å². The van der Waals surface area contributed by atoms with Gasteiger partial charge in [-0.05, 0) is 50.5 Å². The first-order valence-electron chi connectivity index (χ1n) is 4.06. The van der Waals surface area contributed by atoms with Crippen molar-refractivity contribution < 1.29 is 0 Å². The molecule has 0 saturated heterocycles. The highest BCUT2D eigenvalue weighted by Crippen LogP contribution is 2.25. The van der Waals surface area contributed by atoms with Gasteiger partial charge in [-0.3, -0.25) is 4.68 Å². The number of nitrogens with zero attached hydrogens (tertiary/aromatic N) is 2. The van der Waals surface area contributed by atoms with Gasteiger partial charge in [-0.1, -0.05) is 0 Å². The molecule has 0 fully saturated rings. The Labute approximate surface area is 82.1 Å². The molecule has 0 bridgehead atoms. The minimum Gasteiger partial charge on any atom is -0.253 e. The molecule has 0 aliphatic rings. The van der Waals surface area contributed by atoms with Gasteiger partial charge in [-0.15, -0.1) is 0 Å². The van der Waals surface area contributed by atoms with E-state index in [9.17, 15) is 0 Å². The number of aryl methyl sites for hydroxylation is 1. The molecular formula is C9H15BrN2. The summed E-state index contributed by atoms with van der Waals surface area (Å²) in [6, 6.07) is 0. The molecule has 0 N–H and O–H groups in total. The van der Waals surface area contributed by atoms with Gasteiger partial charge in [0, 0.05) is 5.56 Å². The lowest BCUT2D eigenvalue weighted by atomic mass is 10.1. The fourth-order valence-corrected chi connectivity index (χ4v) is 1.92. The van der Waals surface area contributed by atoms with E-state index in [1.165, 1.54) is 5.56 Å². The average Bonchev–Trinajstić information content (AvgIpc) is 2.15. The van der Waals surface area contributed by atoms with Gasteiger partial charge in [-0.2, -0.15) is 5.10 Å². The Balaban J connectivity index is 3.28. The van der Waals surface area contributed by atoms with Crippen LogP contribution in [0.5, 0.6) is 0 Å². The molecule has 0 aromatic carbocycles. The van der Waals surface area contributed by atoms with Gasteiger partial charge in [0.15, 0.2) is 0 Å². The Bertz CT molecular complexity index is 294. The zero-order valence-corrected chi connectivity index (χ0v) is 9.86. The summed E-state index contributed by atoms with van der Waals surface area (Å²) in [5, 5.41) is 4.45. The number of hydrogen-bond acceptors (Lipinski definition) is 1. The number of aromatic nitrogens is 2. The highest BCUT2D eigenvalue weighted by atomic mass is 79.9. The van der Waals surface area contributed by atoms with E-state index in [4.69, 9.17) is 0 Å². The third-order valence-corrected chi connectivity index (χ3v) is 2.85. The van der Waals surface area contributed by atoms with Crippen LogP contribution in [0.1, 0.15) is 32.0 Å². The maximum atomic E-state index is 4.45. The van der Waals surface area contributed by atoms with Gasteiger partial charge in [-0.25, -0.2) is 0 Å². The summed E-state index contributed by atoms with van der Waals surface area (Å²) in [5.41, 5.74) is 2.37. The van der Waals surface area contributed by atoms with E-state index < -0.39 is 0 Å². The summed E-state index contributed by atoms with van der Waals surface area (Å²) in [4.78, 5) is 0. The maximum absolute atomic E-state index is 4.45. The molecule has 12 heavy (non-hydrogen) atoms. The second-order valence-corrected chi connectivity index (χ2v) is 4.83. The average molecular weight is 231 g/mol. The summed E-state index contributed by atoms with van der Waals surface area (Å²) >= 11 is 3.54. The Morgan fingerprint density at radius 3 is 1.92 bits per heavy atom. The van der Waals surface area contributed by atoms with E-state index in [1.807, 2.05) is 11.6 Å². The second-order valence-electron chi connectivity index (χ2n) is 4.08. The fraction of sp³-hybridized carbons (Fsp3) is 0.667. The smallest absolute Gasteiger partial charge is 0.107 e. The number of halogens is 1. The summed E-state index contributed by atoms with van der Waals surface area (Å²) in [5.74, 6) is 0. The van der Waals surface area contributed by atoms with Crippen LogP contribution in [0, 0.1) is 13.8 Å². The van der Waals surface area contributed by atoms with Gasteiger partial charge in [0.2, 0.25) is 0 Å². The van der Waals surface area contributed by atoms with Crippen LogP contribution in [-0.2, 0) is 5.54 Å². The van der Waals surface area contributed by atoms with Crippen molar-refractivity contribution in [1.82, 2.24) is 9.78 Å². The Morgan fingerprint density at radius 2 is 1.75 bits per heavy atom. The van der Waals surface area contributed by atoms with E-state index >= 15 is 0 Å². The van der Waals surface area contributed by atoms with Gasteiger partial charge >= 0.3 is 0 Å². The number of rotatable bonds is 0. The van der Waals surface area contributed by atoms with E-state index in [0.717, 1.165) is 10.3 Å². The van der Waals surface area contributed by atoms with Crippen molar-refractivity contribution in [3.8, 4) is 0 Å². The predicted octanol–water partition coefficient (Wildman–Crippen LogP) is 3.02. The molecule has 2 nitrogen and oxygen atoms in total. The van der Waals surface area contributed by atoms with Crippen LogP contribution >= 0.6 is 15.9 Å². The van der Waals surface area contributed by atoms with Crippen LogP contribution in [0.25, 0.3) is 0 Å². The molecule has 0 atom stereocenters. The van der Waals surface area contributed by atoms with Crippen LogP contribution in [0.4, 0.5) is 0 Å². The molecule has 3 heteroatoms. The molecule has 0 aliphatic carbocycles. The van der Waals surface area contributed by atoms with Crippen molar-refractivity contribution in [3.63, 3.8) is 0 Å². The SMILES string of the molecule is Cc1nn(C(C)(C)C)c(Br)c1C. The van der Waals surface area contributed by atoms with Crippen LogP contribution in [-0.4, -0.2) is 9.78 Å². The summed E-state index contributed by atoms with van der Waals surface area (Å²) < 4.78 is 3.10. The van der Waals surface area contributed by atoms with Crippen LogP contribution < -0.4 is 0 Å². The highest BCUT2D eigenvalue weighted by Gasteiger charge is 2.19. The van der Waals surface area contributed by atoms with Crippen molar-refractivity contribution in [1.29, 1.82) is 0 Å². The highest BCUT2D eigenvalue weighted by molar-refractivity contribution is 9.10. The van der Waals surface area contributed by atoms with Crippen molar-refractivity contribution in [2.24, 2.45) is 0 Å². The first-order chi connectivity index (χ1) is 5.34. The zero-order valence-electron chi connectivity index (χ0n) is 8.27. The maximum Gasteiger partial charge on any atom is 0.107 e. The Morgan fingerprint density at radius 1 is 1.25 bits per heavy atom. The summed E-state index contributed by atoms with van der Waals surface area (Å²) in [7, 11) is 0. The quantitative estimate of drug-likeness (QED) is 0.671. The lowest BCUT2D eigenvalue weighted by Crippen LogP contribution is -2.23. The molecule has 1 aromatic rings. The molecule has 0 amide bonds. The van der Waals surface area contributed by atoms with Gasteiger partial charge in [0.05, 0.1) is 11.2 Å².